The monoisotopic (exact) mass is 569 g/mol. The maximum atomic E-state index is 14.1. The van der Waals surface area contributed by atoms with E-state index in [9.17, 15) is 18.8 Å². The number of aromatic nitrogens is 3. The van der Waals surface area contributed by atoms with Crippen LogP contribution in [0.4, 0.5) is 4.39 Å². The average Bonchev–Trinajstić information content (AvgIpc) is 2.98. The summed E-state index contributed by atoms with van der Waals surface area (Å²) < 4.78 is 22.9. The second kappa shape index (κ2) is 12.7. The molecule has 11 heteroatoms. The van der Waals surface area contributed by atoms with Crippen LogP contribution in [-0.2, 0) is 16.1 Å². The van der Waals surface area contributed by atoms with Gasteiger partial charge in [-0.3, -0.25) is 18.7 Å². The lowest BCUT2D eigenvalue weighted by molar-refractivity contribution is -0.126. The Balaban J connectivity index is 1.27. The van der Waals surface area contributed by atoms with Crippen molar-refractivity contribution in [3.63, 3.8) is 0 Å². The quantitative estimate of drug-likeness (QED) is 0.427. The first-order valence-corrected chi connectivity index (χ1v) is 15.1. The highest BCUT2D eigenvalue weighted by Crippen LogP contribution is 2.30. The highest BCUT2D eigenvalue weighted by Gasteiger charge is 2.31. The van der Waals surface area contributed by atoms with E-state index in [1.54, 1.807) is 11.5 Å². The highest BCUT2D eigenvalue weighted by atomic mass is 32.2. The van der Waals surface area contributed by atoms with Gasteiger partial charge in [0.2, 0.25) is 5.91 Å². The first-order valence-electron chi connectivity index (χ1n) is 13.9. The van der Waals surface area contributed by atoms with Crippen LogP contribution in [0.1, 0.15) is 63.1 Å². The Hall–Kier alpha value is -3.02. The van der Waals surface area contributed by atoms with Gasteiger partial charge in [-0.1, -0.05) is 30.3 Å². The van der Waals surface area contributed by atoms with E-state index >= 15 is 0 Å². The molecule has 0 radical (unpaired) electrons. The molecule has 1 saturated heterocycles. The molecule has 0 unspecified atom stereocenters. The van der Waals surface area contributed by atoms with Gasteiger partial charge in [-0.25, -0.2) is 14.2 Å². The van der Waals surface area contributed by atoms with Gasteiger partial charge in [-0.05, 0) is 68.6 Å². The molecule has 5 rings (SSSR count). The number of nitrogens with two attached hydrogens (primary N) is 1. The Bertz CT molecular complexity index is 1450. The number of rotatable bonds is 8. The zero-order valence-electron chi connectivity index (χ0n) is 22.6. The zero-order chi connectivity index (χ0) is 28.2. The normalized spacial score (nSPS) is 21.7. The van der Waals surface area contributed by atoms with Crippen molar-refractivity contribution in [1.82, 2.24) is 19.4 Å². The molecule has 3 aromatic rings. The van der Waals surface area contributed by atoms with E-state index in [1.807, 2.05) is 42.1 Å². The molecule has 214 valence electrons. The summed E-state index contributed by atoms with van der Waals surface area (Å²) in [7, 11) is 0. The number of amides is 1. The van der Waals surface area contributed by atoms with E-state index in [2.05, 4.69) is 10.3 Å². The largest absolute Gasteiger partial charge is 0.372 e. The maximum Gasteiger partial charge on any atom is 0.333 e. The summed E-state index contributed by atoms with van der Waals surface area (Å²) in [5, 5.41) is 3.15. The highest BCUT2D eigenvalue weighted by molar-refractivity contribution is 7.99. The molecule has 3 N–H and O–H groups in total. The maximum absolute atomic E-state index is 14.1. The molecular weight excluding hydrogens is 533 g/mol. The van der Waals surface area contributed by atoms with Gasteiger partial charge in [-0.2, -0.15) is 11.8 Å². The fourth-order valence-electron chi connectivity index (χ4n) is 5.69. The van der Waals surface area contributed by atoms with E-state index in [0.717, 1.165) is 36.1 Å². The minimum absolute atomic E-state index is 0.0794. The number of halogens is 1. The molecule has 9 nitrogen and oxygen atoms in total. The summed E-state index contributed by atoms with van der Waals surface area (Å²) in [5.74, 6) is 0.944. The smallest absolute Gasteiger partial charge is 0.333 e. The van der Waals surface area contributed by atoms with Gasteiger partial charge >= 0.3 is 5.69 Å². The SMILES string of the molecule is C[C@@H](OCc1ccccc1)[C@H](N)C(=O)NC1CCC(n2c(=O)c3cc(F)cnc3n(C3CCSCC3)c2=O)CC1. The number of fused-ring (bicyclic) bond motifs is 1. The molecule has 0 spiro atoms. The molecule has 2 atom stereocenters. The molecule has 2 fully saturated rings. The molecule has 2 aliphatic rings. The summed E-state index contributed by atoms with van der Waals surface area (Å²) in [5.41, 5.74) is 6.56. The van der Waals surface area contributed by atoms with Crippen LogP contribution in [0.3, 0.4) is 0 Å². The van der Waals surface area contributed by atoms with Crippen molar-refractivity contribution in [1.29, 1.82) is 0 Å². The molecule has 1 aliphatic carbocycles. The van der Waals surface area contributed by atoms with Crippen molar-refractivity contribution in [2.45, 2.75) is 82.3 Å². The van der Waals surface area contributed by atoms with Gasteiger partial charge in [-0.15, -0.1) is 0 Å². The molecule has 2 aromatic heterocycles. The molecular formula is C29H36FN5O4S. The van der Waals surface area contributed by atoms with Crippen molar-refractivity contribution in [2.75, 3.05) is 11.5 Å². The molecule has 0 bridgehead atoms. The summed E-state index contributed by atoms with van der Waals surface area (Å²) in [4.78, 5) is 44.2. The molecule has 40 heavy (non-hydrogen) atoms. The Morgan fingerprint density at radius 1 is 1.10 bits per heavy atom. The Kier molecular flexibility index (Phi) is 9.02. The van der Waals surface area contributed by atoms with Crippen LogP contribution < -0.4 is 22.3 Å². The number of nitrogens with one attached hydrogen (secondary N) is 1. The predicted molar refractivity (Wildman–Crippen MR) is 154 cm³/mol. The summed E-state index contributed by atoms with van der Waals surface area (Å²) in [6, 6.07) is 9.51. The van der Waals surface area contributed by atoms with E-state index in [0.29, 0.717) is 32.3 Å². The van der Waals surface area contributed by atoms with Crippen LogP contribution in [-0.4, -0.2) is 49.7 Å². The van der Waals surface area contributed by atoms with Crippen molar-refractivity contribution in [3.05, 3.63) is 74.8 Å². The number of ether oxygens (including phenoxy) is 1. The topological polar surface area (TPSA) is 121 Å². The summed E-state index contributed by atoms with van der Waals surface area (Å²) >= 11 is 1.84. The van der Waals surface area contributed by atoms with Gasteiger partial charge in [0.15, 0.2) is 0 Å². The molecule has 1 saturated carbocycles. The third-order valence-corrected chi connectivity index (χ3v) is 9.10. The molecule has 1 amide bonds. The van der Waals surface area contributed by atoms with Crippen molar-refractivity contribution >= 4 is 28.7 Å². The van der Waals surface area contributed by atoms with Gasteiger partial charge in [0.1, 0.15) is 17.5 Å². The van der Waals surface area contributed by atoms with E-state index in [-0.39, 0.29) is 40.8 Å². The zero-order valence-corrected chi connectivity index (χ0v) is 23.4. The predicted octanol–water partition coefficient (Wildman–Crippen LogP) is 3.30. The number of carbonyl (C=O) groups excluding carboxylic acids is 1. The first kappa shape index (κ1) is 28.5. The lowest BCUT2D eigenvalue weighted by atomic mass is 9.90. The average molecular weight is 570 g/mol. The van der Waals surface area contributed by atoms with E-state index in [1.165, 1.54) is 10.6 Å². The van der Waals surface area contributed by atoms with Crippen LogP contribution >= 0.6 is 11.8 Å². The number of carbonyl (C=O) groups is 1. The van der Waals surface area contributed by atoms with Gasteiger partial charge in [0.05, 0.1) is 24.3 Å². The second-order valence-corrected chi connectivity index (χ2v) is 12.0. The minimum Gasteiger partial charge on any atom is -0.372 e. The Morgan fingerprint density at radius 2 is 1.77 bits per heavy atom. The van der Waals surface area contributed by atoms with Crippen LogP contribution in [0.2, 0.25) is 0 Å². The number of hydrogen-bond acceptors (Lipinski definition) is 7. The standard InChI is InChI=1S/C29H36FN5O4S/c1-18(39-17-19-5-3-2-4-6-19)25(31)27(36)33-21-7-9-22(10-8-21)35-28(37)24-15-20(30)16-32-26(24)34(29(35)38)23-11-13-40-14-12-23/h2-6,15-16,18,21-23,25H,7-14,17,31H2,1H3,(H,33,36)/t18-,21?,22?,25+/m1/s1. The minimum atomic E-state index is -0.826. The van der Waals surface area contributed by atoms with Crippen molar-refractivity contribution < 1.29 is 13.9 Å². The van der Waals surface area contributed by atoms with Crippen molar-refractivity contribution in [2.24, 2.45) is 5.73 Å². The lowest BCUT2D eigenvalue weighted by Crippen LogP contribution is -2.52. The fraction of sp³-hybridized carbons (Fsp3) is 0.517. The lowest BCUT2D eigenvalue weighted by Gasteiger charge is -2.32. The Morgan fingerprint density at radius 3 is 2.48 bits per heavy atom. The van der Waals surface area contributed by atoms with Crippen LogP contribution in [0.15, 0.2) is 52.2 Å². The van der Waals surface area contributed by atoms with Gasteiger partial charge in [0.25, 0.3) is 5.56 Å². The van der Waals surface area contributed by atoms with Crippen LogP contribution in [0, 0.1) is 5.82 Å². The van der Waals surface area contributed by atoms with Gasteiger partial charge in [0, 0.05) is 18.1 Å². The number of hydrogen-bond donors (Lipinski definition) is 2. The number of nitrogens with zero attached hydrogens (tertiary/aromatic N) is 3. The third kappa shape index (κ3) is 6.16. The van der Waals surface area contributed by atoms with E-state index in [4.69, 9.17) is 10.5 Å². The van der Waals surface area contributed by atoms with Gasteiger partial charge < -0.3 is 15.8 Å². The molecule has 1 aliphatic heterocycles. The fourth-order valence-corrected chi connectivity index (χ4v) is 6.78. The van der Waals surface area contributed by atoms with Crippen LogP contribution in [0.5, 0.6) is 0 Å². The molecule has 1 aromatic carbocycles. The first-order chi connectivity index (χ1) is 19.3. The number of pyridine rings is 1. The second-order valence-electron chi connectivity index (χ2n) is 10.7. The number of thioether (sulfide) groups is 1. The third-order valence-electron chi connectivity index (χ3n) is 8.05. The number of benzene rings is 1. The van der Waals surface area contributed by atoms with E-state index < -0.39 is 23.5 Å². The summed E-state index contributed by atoms with van der Waals surface area (Å²) in [6.07, 6.45) is 4.42. The summed E-state index contributed by atoms with van der Waals surface area (Å²) in [6.45, 7) is 2.15. The van der Waals surface area contributed by atoms with Crippen molar-refractivity contribution in [3.8, 4) is 0 Å². The Labute approximate surface area is 236 Å². The molecule has 3 heterocycles. The van der Waals surface area contributed by atoms with Crippen LogP contribution in [0.25, 0.3) is 11.0 Å².